The van der Waals surface area contributed by atoms with Crippen molar-refractivity contribution in [3.63, 3.8) is 0 Å². The zero-order chi connectivity index (χ0) is 32.0. The Morgan fingerprint density at radius 2 is 1.87 bits per heavy atom. The highest BCUT2D eigenvalue weighted by Gasteiger charge is 2.34. The van der Waals surface area contributed by atoms with E-state index in [0.29, 0.717) is 30.4 Å². The van der Waals surface area contributed by atoms with E-state index >= 15 is 13.2 Å². The van der Waals surface area contributed by atoms with Crippen LogP contribution in [0.3, 0.4) is 0 Å². The van der Waals surface area contributed by atoms with Crippen LogP contribution in [0.15, 0.2) is 35.8 Å². The van der Waals surface area contributed by atoms with Gasteiger partial charge in [-0.15, -0.1) is 11.3 Å². The second kappa shape index (κ2) is 11.7. The SMILES string of the molecule is O=C(O)c1cc(F)c2nc(Cc3c(F)cc(-c4ccnc(OCc5nc(C(F)(F)F)cs5)n4)c(F)c3F)n(C[C@@H]3CCO3)c2c1. The summed E-state index contributed by atoms with van der Waals surface area (Å²) in [6.45, 7) is 0.104. The summed E-state index contributed by atoms with van der Waals surface area (Å²) in [5.74, 6) is -6.64. The van der Waals surface area contributed by atoms with Gasteiger partial charge in [0.1, 0.15) is 28.8 Å². The molecule has 5 aromatic rings. The molecule has 2 aromatic carbocycles. The number of ether oxygens (including phenoxy) is 2. The first-order valence-electron chi connectivity index (χ1n) is 13.1. The lowest BCUT2D eigenvalue weighted by Gasteiger charge is -2.27. The molecule has 0 radical (unpaired) electrons. The third-order valence-electron chi connectivity index (χ3n) is 6.98. The van der Waals surface area contributed by atoms with Crippen LogP contribution in [0.25, 0.3) is 22.3 Å². The molecule has 0 aliphatic carbocycles. The van der Waals surface area contributed by atoms with Gasteiger partial charge in [0, 0.05) is 35.7 Å². The molecule has 1 N–H and O–H groups in total. The highest BCUT2D eigenvalue weighted by molar-refractivity contribution is 7.09. The van der Waals surface area contributed by atoms with E-state index in [0.717, 1.165) is 23.7 Å². The van der Waals surface area contributed by atoms with Gasteiger partial charge in [0.25, 0.3) is 0 Å². The third-order valence-corrected chi connectivity index (χ3v) is 7.80. The number of benzene rings is 2. The van der Waals surface area contributed by atoms with E-state index in [2.05, 4.69) is 19.9 Å². The lowest BCUT2D eigenvalue weighted by molar-refractivity contribution is -0.140. The van der Waals surface area contributed by atoms with Gasteiger partial charge in [0.2, 0.25) is 0 Å². The molecular weight excluding hydrogens is 635 g/mol. The van der Waals surface area contributed by atoms with Crippen molar-refractivity contribution in [2.75, 3.05) is 6.61 Å². The summed E-state index contributed by atoms with van der Waals surface area (Å²) in [5, 5.41) is 10.1. The van der Waals surface area contributed by atoms with Gasteiger partial charge < -0.3 is 19.1 Å². The molecule has 1 fully saturated rings. The second-order valence-electron chi connectivity index (χ2n) is 9.88. The number of fused-ring (bicyclic) bond motifs is 1. The molecular formula is C28H18F7N5O4S. The van der Waals surface area contributed by atoms with Crippen molar-refractivity contribution >= 4 is 28.3 Å². The van der Waals surface area contributed by atoms with Crippen molar-refractivity contribution in [3.8, 4) is 17.3 Å². The van der Waals surface area contributed by atoms with Crippen LogP contribution in [-0.2, 0) is 30.5 Å². The van der Waals surface area contributed by atoms with E-state index in [1.54, 1.807) is 0 Å². The van der Waals surface area contributed by atoms with Gasteiger partial charge >= 0.3 is 18.2 Å². The number of carboxylic acid groups (broad SMARTS) is 1. The first-order chi connectivity index (χ1) is 21.4. The Morgan fingerprint density at radius 1 is 1.09 bits per heavy atom. The largest absolute Gasteiger partial charge is 0.478 e. The van der Waals surface area contributed by atoms with Crippen molar-refractivity contribution in [2.24, 2.45) is 0 Å². The van der Waals surface area contributed by atoms with E-state index in [1.807, 2.05) is 0 Å². The number of hydrogen-bond donors (Lipinski definition) is 1. The van der Waals surface area contributed by atoms with Crippen LogP contribution in [0.5, 0.6) is 6.01 Å². The maximum Gasteiger partial charge on any atom is 0.434 e. The molecule has 0 unspecified atom stereocenters. The number of carbonyl (C=O) groups is 1. The zero-order valence-corrected chi connectivity index (χ0v) is 23.4. The lowest BCUT2D eigenvalue weighted by atomic mass is 10.0. The van der Waals surface area contributed by atoms with Crippen LogP contribution < -0.4 is 4.74 Å². The van der Waals surface area contributed by atoms with Crippen LogP contribution >= 0.6 is 11.3 Å². The predicted molar refractivity (Wildman–Crippen MR) is 143 cm³/mol. The van der Waals surface area contributed by atoms with Gasteiger partial charge in [0.05, 0.1) is 29.4 Å². The molecule has 4 heterocycles. The molecule has 3 aromatic heterocycles. The van der Waals surface area contributed by atoms with Gasteiger partial charge in [-0.2, -0.15) is 18.2 Å². The fourth-order valence-electron chi connectivity index (χ4n) is 4.66. The summed E-state index contributed by atoms with van der Waals surface area (Å²) in [6.07, 6.45) is -3.85. The number of alkyl halides is 3. The third kappa shape index (κ3) is 6.04. The molecule has 0 saturated carbocycles. The molecule has 1 aliphatic rings. The van der Waals surface area contributed by atoms with Crippen molar-refractivity contribution in [2.45, 2.75) is 38.3 Å². The van der Waals surface area contributed by atoms with E-state index in [1.165, 1.54) is 10.6 Å². The van der Waals surface area contributed by atoms with Crippen LogP contribution in [0.4, 0.5) is 30.7 Å². The number of aromatic carboxylic acids is 1. The van der Waals surface area contributed by atoms with Crippen LogP contribution in [0.1, 0.15) is 38.9 Å². The summed E-state index contributed by atoms with van der Waals surface area (Å²) in [7, 11) is 0. The predicted octanol–water partition coefficient (Wildman–Crippen LogP) is 6.18. The minimum absolute atomic E-state index is 0.0436. The molecule has 0 bridgehead atoms. The molecule has 1 saturated heterocycles. The molecule has 17 heteroatoms. The number of carboxylic acids is 1. The Kier molecular flexibility index (Phi) is 7.90. The van der Waals surface area contributed by atoms with Crippen molar-refractivity contribution in [3.05, 3.63) is 86.8 Å². The average molecular weight is 654 g/mol. The first-order valence-corrected chi connectivity index (χ1v) is 13.9. The van der Waals surface area contributed by atoms with E-state index in [4.69, 9.17) is 9.47 Å². The van der Waals surface area contributed by atoms with E-state index in [9.17, 15) is 27.5 Å². The lowest BCUT2D eigenvalue weighted by Crippen LogP contribution is -2.31. The topological polar surface area (TPSA) is 112 Å². The molecule has 0 spiro atoms. The minimum Gasteiger partial charge on any atom is -0.478 e. The molecule has 9 nitrogen and oxygen atoms in total. The number of halogens is 7. The molecule has 1 aliphatic heterocycles. The minimum atomic E-state index is -4.64. The number of thiazole rings is 1. The molecule has 6 rings (SSSR count). The van der Waals surface area contributed by atoms with Gasteiger partial charge in [-0.05, 0) is 30.7 Å². The second-order valence-corrected chi connectivity index (χ2v) is 10.8. The van der Waals surface area contributed by atoms with Crippen LogP contribution in [-0.4, -0.2) is 48.3 Å². The van der Waals surface area contributed by atoms with Gasteiger partial charge in [-0.25, -0.2) is 37.3 Å². The Labute approximate surface area is 251 Å². The number of nitrogens with zero attached hydrogens (tertiary/aromatic N) is 5. The van der Waals surface area contributed by atoms with Crippen molar-refractivity contribution in [1.82, 2.24) is 24.5 Å². The quantitative estimate of drug-likeness (QED) is 0.148. The van der Waals surface area contributed by atoms with Gasteiger partial charge in [-0.3, -0.25) is 0 Å². The summed E-state index contributed by atoms with van der Waals surface area (Å²) < 4.78 is 112. The smallest absolute Gasteiger partial charge is 0.434 e. The van der Waals surface area contributed by atoms with Crippen LogP contribution in [0.2, 0.25) is 0 Å². The highest BCUT2D eigenvalue weighted by atomic mass is 32.1. The van der Waals surface area contributed by atoms with Crippen molar-refractivity contribution in [1.29, 1.82) is 0 Å². The summed E-state index contributed by atoms with van der Waals surface area (Å²) in [5.41, 5.74) is -3.23. The fourth-order valence-corrected chi connectivity index (χ4v) is 5.37. The normalized spacial score (nSPS) is 15.0. The Balaban J connectivity index is 1.30. The van der Waals surface area contributed by atoms with Crippen LogP contribution in [0, 0.1) is 23.3 Å². The Hall–Kier alpha value is -4.64. The molecule has 0 amide bonds. The first kappa shape index (κ1) is 30.4. The number of imidazole rings is 1. The number of rotatable bonds is 9. The zero-order valence-electron chi connectivity index (χ0n) is 22.5. The Bertz CT molecular complexity index is 1940. The summed E-state index contributed by atoms with van der Waals surface area (Å²) >= 11 is 0.686. The standard InChI is InChI=1S/C28H18F7N5O4S/c29-16-7-15(18-1-3-36-27(37-18)44-10-22-38-20(11-45-22)28(33,34)35)24(32)23(31)14(16)8-21-39-25-17(30)5-12(26(41)42)6-19(25)40(21)9-13-2-4-43-13/h1,3,5-7,11,13H,2,4,8-10H2,(H,41,42)/t13-/m0/s1. The van der Waals surface area contributed by atoms with E-state index in [-0.39, 0.29) is 45.8 Å². The van der Waals surface area contributed by atoms with Gasteiger partial charge in [0.15, 0.2) is 23.1 Å². The molecule has 45 heavy (non-hydrogen) atoms. The number of hydrogen-bond acceptors (Lipinski definition) is 8. The molecule has 234 valence electrons. The average Bonchev–Trinajstić information content (AvgIpc) is 3.59. The summed E-state index contributed by atoms with van der Waals surface area (Å²) in [4.78, 5) is 26.8. The monoisotopic (exact) mass is 653 g/mol. The van der Waals surface area contributed by atoms with Crippen molar-refractivity contribution < 1.29 is 50.1 Å². The van der Waals surface area contributed by atoms with E-state index < -0.39 is 71.3 Å². The summed E-state index contributed by atoms with van der Waals surface area (Å²) in [6, 6.07) is 3.40. The maximum atomic E-state index is 15.4. The van der Waals surface area contributed by atoms with Gasteiger partial charge in [-0.1, -0.05) is 0 Å². The maximum absolute atomic E-state index is 15.4. The number of aromatic nitrogens is 5. The Morgan fingerprint density at radius 3 is 2.53 bits per heavy atom. The molecule has 1 atom stereocenters. The fraction of sp³-hybridized carbons (Fsp3) is 0.250. The highest BCUT2D eigenvalue weighted by Crippen LogP contribution is 2.32.